The maximum absolute atomic E-state index is 12.5. The van der Waals surface area contributed by atoms with E-state index in [1.807, 2.05) is 19.1 Å². The van der Waals surface area contributed by atoms with E-state index in [1.165, 1.54) is 12.1 Å². The van der Waals surface area contributed by atoms with Crippen LogP contribution in [-0.4, -0.2) is 27.2 Å². The van der Waals surface area contributed by atoms with Gasteiger partial charge in [0.15, 0.2) is 0 Å². The Kier molecular flexibility index (Phi) is 7.03. The number of benzene rings is 2. The minimum absolute atomic E-state index is 0.0215. The van der Waals surface area contributed by atoms with Gasteiger partial charge in [-0.2, -0.15) is 0 Å². The number of nitrogens with one attached hydrogen (secondary N) is 2. The van der Waals surface area contributed by atoms with Gasteiger partial charge in [0.2, 0.25) is 0 Å². The molecule has 0 fully saturated rings. The van der Waals surface area contributed by atoms with Gasteiger partial charge in [-0.05, 0) is 73.2 Å². The summed E-state index contributed by atoms with van der Waals surface area (Å²) in [5, 5.41) is 3.40. The number of fused-ring (bicyclic) bond motifs is 1. The molecule has 3 rings (SSSR count). The molecule has 0 aliphatic heterocycles. The van der Waals surface area contributed by atoms with Gasteiger partial charge in [0.25, 0.3) is 10.0 Å². The number of carbonyl (C=O) groups is 1. The van der Waals surface area contributed by atoms with Crippen molar-refractivity contribution in [2.75, 3.05) is 11.3 Å². The normalized spacial score (nSPS) is 16.0. The molecule has 2 aromatic carbocycles. The SMILES string of the molecule is CCCCOC(=O)N[C@H]1CCc2cc(NS(=O)(=O)c3ccc(Cl)cc3)ccc2C1. The van der Waals surface area contributed by atoms with Gasteiger partial charge in [-0.25, -0.2) is 13.2 Å². The molecule has 0 spiro atoms. The summed E-state index contributed by atoms with van der Waals surface area (Å²) in [5.74, 6) is 0. The Morgan fingerprint density at radius 2 is 1.93 bits per heavy atom. The molecule has 8 heteroatoms. The predicted octanol–water partition coefficient (Wildman–Crippen LogP) is 4.52. The number of unbranched alkanes of at least 4 members (excludes halogenated alkanes) is 1. The van der Waals surface area contributed by atoms with Gasteiger partial charge in [0.05, 0.1) is 11.5 Å². The van der Waals surface area contributed by atoms with Crippen molar-refractivity contribution in [1.29, 1.82) is 0 Å². The summed E-state index contributed by atoms with van der Waals surface area (Å²) in [5.41, 5.74) is 2.70. The van der Waals surface area contributed by atoms with Crippen LogP contribution in [0.2, 0.25) is 5.02 Å². The van der Waals surface area contributed by atoms with Crippen LogP contribution in [0.15, 0.2) is 47.4 Å². The van der Waals surface area contributed by atoms with Crippen LogP contribution in [0.25, 0.3) is 0 Å². The van der Waals surface area contributed by atoms with Crippen LogP contribution < -0.4 is 10.0 Å². The quantitative estimate of drug-likeness (QED) is 0.624. The molecule has 0 radical (unpaired) electrons. The van der Waals surface area contributed by atoms with Crippen molar-refractivity contribution in [3.63, 3.8) is 0 Å². The zero-order valence-electron chi connectivity index (χ0n) is 16.3. The van der Waals surface area contributed by atoms with E-state index < -0.39 is 10.0 Å². The number of anilines is 1. The molecule has 2 aromatic rings. The van der Waals surface area contributed by atoms with E-state index in [4.69, 9.17) is 16.3 Å². The fourth-order valence-corrected chi connectivity index (χ4v) is 4.46. The van der Waals surface area contributed by atoms with E-state index in [1.54, 1.807) is 18.2 Å². The van der Waals surface area contributed by atoms with Crippen molar-refractivity contribution in [1.82, 2.24) is 5.32 Å². The summed E-state index contributed by atoms with van der Waals surface area (Å²) in [6, 6.07) is 11.6. The number of rotatable bonds is 7. The number of hydrogen-bond donors (Lipinski definition) is 2. The molecule has 156 valence electrons. The summed E-state index contributed by atoms with van der Waals surface area (Å²) in [6.45, 7) is 2.48. The molecule has 1 aliphatic carbocycles. The Morgan fingerprint density at radius 3 is 2.66 bits per heavy atom. The topological polar surface area (TPSA) is 84.5 Å². The van der Waals surface area contributed by atoms with Gasteiger partial charge >= 0.3 is 6.09 Å². The van der Waals surface area contributed by atoms with Crippen molar-refractivity contribution >= 4 is 33.4 Å². The van der Waals surface area contributed by atoms with E-state index in [0.29, 0.717) is 23.7 Å². The molecule has 29 heavy (non-hydrogen) atoms. The fourth-order valence-electron chi connectivity index (χ4n) is 3.29. The average Bonchev–Trinajstić information content (AvgIpc) is 2.68. The third kappa shape index (κ3) is 5.87. The zero-order valence-corrected chi connectivity index (χ0v) is 17.9. The van der Waals surface area contributed by atoms with Crippen LogP contribution in [0.5, 0.6) is 0 Å². The predicted molar refractivity (Wildman–Crippen MR) is 114 cm³/mol. The lowest BCUT2D eigenvalue weighted by molar-refractivity contribution is 0.139. The highest BCUT2D eigenvalue weighted by Crippen LogP contribution is 2.26. The highest BCUT2D eigenvalue weighted by Gasteiger charge is 2.22. The van der Waals surface area contributed by atoms with Crippen molar-refractivity contribution in [2.24, 2.45) is 0 Å². The van der Waals surface area contributed by atoms with E-state index >= 15 is 0 Å². The standard InChI is InChI=1S/C21H25ClN2O4S/c1-2-3-12-28-21(25)23-18-8-4-16-14-19(9-5-15(16)13-18)24-29(26,27)20-10-6-17(22)7-11-20/h5-7,9-11,14,18,24H,2-4,8,12-13H2,1H3,(H,23,25)/t18-/m0/s1. The fraction of sp³-hybridized carbons (Fsp3) is 0.381. The molecule has 1 atom stereocenters. The van der Waals surface area contributed by atoms with Gasteiger partial charge in [0, 0.05) is 16.8 Å². The first-order chi connectivity index (χ1) is 13.9. The highest BCUT2D eigenvalue weighted by molar-refractivity contribution is 7.92. The first kappa shape index (κ1) is 21.5. The van der Waals surface area contributed by atoms with Crippen LogP contribution in [-0.2, 0) is 27.6 Å². The second-order valence-corrected chi connectivity index (χ2v) is 9.24. The van der Waals surface area contributed by atoms with Gasteiger partial charge in [-0.3, -0.25) is 4.72 Å². The van der Waals surface area contributed by atoms with Crippen LogP contribution in [0.1, 0.15) is 37.3 Å². The summed E-state index contributed by atoms with van der Waals surface area (Å²) < 4.78 is 32.9. The van der Waals surface area contributed by atoms with E-state index in [0.717, 1.165) is 36.8 Å². The van der Waals surface area contributed by atoms with E-state index in [2.05, 4.69) is 10.0 Å². The first-order valence-corrected chi connectivity index (χ1v) is 11.6. The molecule has 0 saturated carbocycles. The van der Waals surface area contributed by atoms with Crippen molar-refractivity contribution in [2.45, 2.75) is 50.0 Å². The number of amides is 1. The monoisotopic (exact) mass is 436 g/mol. The lowest BCUT2D eigenvalue weighted by atomic mass is 9.88. The minimum atomic E-state index is -3.68. The summed E-state index contributed by atoms with van der Waals surface area (Å²) >= 11 is 5.83. The average molecular weight is 437 g/mol. The summed E-state index contributed by atoms with van der Waals surface area (Å²) in [7, 11) is -3.68. The van der Waals surface area contributed by atoms with Crippen molar-refractivity contribution < 1.29 is 17.9 Å². The number of ether oxygens (including phenoxy) is 1. The molecule has 6 nitrogen and oxygen atoms in total. The number of alkyl carbamates (subject to hydrolysis) is 1. The molecule has 1 aliphatic rings. The number of sulfonamides is 1. The van der Waals surface area contributed by atoms with Gasteiger partial charge in [-0.1, -0.05) is 31.0 Å². The summed E-state index contributed by atoms with van der Waals surface area (Å²) in [4.78, 5) is 12.0. The Balaban J connectivity index is 1.62. The molecule has 0 unspecified atom stereocenters. The number of hydrogen-bond acceptors (Lipinski definition) is 4. The number of halogens is 1. The lowest BCUT2D eigenvalue weighted by Crippen LogP contribution is -2.39. The molecule has 0 bridgehead atoms. The number of carbonyl (C=O) groups excluding carboxylic acids is 1. The third-order valence-electron chi connectivity index (χ3n) is 4.86. The largest absolute Gasteiger partial charge is 0.450 e. The number of aryl methyl sites for hydroxylation is 1. The second-order valence-electron chi connectivity index (χ2n) is 7.12. The van der Waals surface area contributed by atoms with Crippen LogP contribution in [0.3, 0.4) is 0 Å². The molecule has 1 amide bonds. The van der Waals surface area contributed by atoms with Gasteiger partial charge < -0.3 is 10.1 Å². The van der Waals surface area contributed by atoms with E-state index in [9.17, 15) is 13.2 Å². The Labute approximate surface area is 176 Å². The Morgan fingerprint density at radius 1 is 1.17 bits per heavy atom. The van der Waals surface area contributed by atoms with Crippen molar-refractivity contribution in [3.05, 3.63) is 58.6 Å². The van der Waals surface area contributed by atoms with Crippen LogP contribution in [0, 0.1) is 0 Å². The first-order valence-electron chi connectivity index (χ1n) is 9.71. The van der Waals surface area contributed by atoms with Crippen LogP contribution >= 0.6 is 11.6 Å². The second kappa shape index (κ2) is 9.50. The summed E-state index contributed by atoms with van der Waals surface area (Å²) in [6.07, 6.45) is 3.69. The van der Waals surface area contributed by atoms with E-state index in [-0.39, 0.29) is 17.0 Å². The Hall–Kier alpha value is -2.25. The highest BCUT2D eigenvalue weighted by atomic mass is 35.5. The molecular weight excluding hydrogens is 412 g/mol. The maximum Gasteiger partial charge on any atom is 0.407 e. The molecule has 0 saturated heterocycles. The lowest BCUT2D eigenvalue weighted by Gasteiger charge is -2.25. The molecular formula is C21H25ClN2O4S. The zero-order chi connectivity index (χ0) is 20.9. The minimum Gasteiger partial charge on any atom is -0.450 e. The van der Waals surface area contributed by atoms with Gasteiger partial charge in [0.1, 0.15) is 0 Å². The molecule has 0 heterocycles. The molecule has 0 aromatic heterocycles. The smallest absolute Gasteiger partial charge is 0.407 e. The van der Waals surface area contributed by atoms with Crippen LogP contribution in [0.4, 0.5) is 10.5 Å². The molecule has 2 N–H and O–H groups in total. The maximum atomic E-state index is 12.5. The Bertz CT molecular complexity index is 961. The van der Waals surface area contributed by atoms with Crippen molar-refractivity contribution in [3.8, 4) is 0 Å². The van der Waals surface area contributed by atoms with Gasteiger partial charge in [-0.15, -0.1) is 0 Å². The third-order valence-corrected chi connectivity index (χ3v) is 6.51.